The quantitative estimate of drug-likeness (QED) is 0.0952. The molecule has 11 aromatic rings. The minimum absolute atomic E-state index is 0.0428. The summed E-state index contributed by atoms with van der Waals surface area (Å²) in [6, 6.07) is 73.1. The lowest BCUT2D eigenvalue weighted by atomic mass is 9.81. The number of hydrogen-bond acceptors (Lipinski definition) is 0. The van der Waals surface area contributed by atoms with Crippen molar-refractivity contribution in [2.24, 2.45) is 0 Å². The summed E-state index contributed by atoms with van der Waals surface area (Å²) in [5.74, 6) is 0. The first-order chi connectivity index (χ1) is 46.1. The summed E-state index contributed by atoms with van der Waals surface area (Å²) in [5, 5.41) is 5.72. The lowest BCUT2D eigenvalue weighted by Crippen LogP contribution is -2.19. The van der Waals surface area contributed by atoms with Crippen LogP contribution in [0, 0.1) is 83.1 Å². The zero-order valence-electron chi connectivity index (χ0n) is 63.3. The highest BCUT2D eigenvalue weighted by Gasteiger charge is 2.32. The van der Waals surface area contributed by atoms with Gasteiger partial charge in [0.05, 0.1) is 0 Å². The maximum absolute atomic E-state index is 2.50. The molecule has 0 saturated heterocycles. The summed E-state index contributed by atoms with van der Waals surface area (Å²) in [7, 11) is 1.61. The average Bonchev–Trinajstić information content (AvgIpc) is 0.727. The van der Waals surface area contributed by atoms with Crippen LogP contribution >= 0.6 is 33.1 Å². The fraction of sp³-hybridized carbons (Fsp3) is 0.298. The molecular weight excluding hydrogens is 1250 g/mol. The van der Waals surface area contributed by atoms with Gasteiger partial charge in [0.15, 0.2) is 0 Å². The molecule has 4 atom stereocenters. The van der Waals surface area contributed by atoms with E-state index >= 15 is 0 Å². The molecule has 0 aromatic heterocycles. The maximum Gasteiger partial charge on any atom is -0.00144 e. The second-order valence-electron chi connectivity index (χ2n) is 32.6. The molecule has 0 heterocycles. The van der Waals surface area contributed by atoms with Gasteiger partial charge in [-0.05, 0) is 282 Å². The minimum atomic E-state index is -0.0428. The van der Waals surface area contributed by atoms with Crippen molar-refractivity contribution in [3.8, 4) is 89.0 Å². The van der Waals surface area contributed by atoms with Crippen LogP contribution in [0.5, 0.6) is 0 Å². The van der Waals surface area contributed by atoms with Gasteiger partial charge in [-0.3, -0.25) is 0 Å². The molecule has 0 spiro atoms. The molecule has 0 bridgehead atoms. The van der Waals surface area contributed by atoms with Crippen molar-refractivity contribution >= 4 is 54.3 Å². The Kier molecular flexibility index (Phi) is 20.9. The van der Waals surface area contributed by atoms with Gasteiger partial charge in [0.1, 0.15) is 0 Å². The van der Waals surface area contributed by atoms with Gasteiger partial charge in [-0.1, -0.05) is 320 Å². The van der Waals surface area contributed by atoms with Crippen LogP contribution in [0.15, 0.2) is 182 Å². The normalized spacial score (nSPS) is 12.7. The van der Waals surface area contributed by atoms with E-state index in [9.17, 15) is 0 Å². The summed E-state index contributed by atoms with van der Waals surface area (Å²) in [6.07, 6.45) is 0. The topological polar surface area (TPSA) is 0 Å². The van der Waals surface area contributed by atoms with Gasteiger partial charge in [-0.25, -0.2) is 0 Å². The Balaban J connectivity index is 1.35. The van der Waals surface area contributed by atoms with E-state index in [0.29, 0.717) is 33.1 Å². The zero-order chi connectivity index (χ0) is 70.8. The fourth-order valence-electron chi connectivity index (χ4n) is 15.6. The minimum Gasteiger partial charge on any atom is -0.0620 e. The first-order valence-corrected chi connectivity index (χ1v) is 41.4. The van der Waals surface area contributed by atoms with Crippen molar-refractivity contribution < 1.29 is 0 Å². The number of aryl methyl sites for hydroxylation is 12. The summed E-state index contributed by atoms with van der Waals surface area (Å²) < 4.78 is 0. The molecule has 0 aliphatic heterocycles. The largest absolute Gasteiger partial charge is 0.0620 e. The van der Waals surface area contributed by atoms with Crippen molar-refractivity contribution in [3.05, 3.63) is 271 Å². The van der Waals surface area contributed by atoms with E-state index in [-0.39, 0.29) is 21.7 Å². The molecule has 0 amide bonds. The molecule has 502 valence electrons. The molecular formula is C94H106P4. The van der Waals surface area contributed by atoms with Gasteiger partial charge >= 0.3 is 0 Å². The highest BCUT2D eigenvalue weighted by Crippen LogP contribution is 2.55. The van der Waals surface area contributed by atoms with Crippen LogP contribution in [-0.4, -0.2) is 0 Å². The molecule has 11 rings (SSSR count). The van der Waals surface area contributed by atoms with Crippen molar-refractivity contribution in [3.63, 3.8) is 0 Å². The third-order valence-electron chi connectivity index (χ3n) is 20.2. The summed E-state index contributed by atoms with van der Waals surface area (Å²) in [4.78, 5) is 0. The number of hydrogen-bond donors (Lipinski definition) is 0. The van der Waals surface area contributed by atoms with E-state index in [1.807, 2.05) is 0 Å². The molecule has 11 aromatic carbocycles. The third kappa shape index (κ3) is 15.0. The average molecular weight is 1360 g/mol. The summed E-state index contributed by atoms with van der Waals surface area (Å²) in [6.45, 7) is 55.9. The Labute approximate surface area is 598 Å². The van der Waals surface area contributed by atoms with Crippen LogP contribution in [0.1, 0.15) is 172 Å². The van der Waals surface area contributed by atoms with E-state index in [4.69, 9.17) is 0 Å². The monoisotopic (exact) mass is 1360 g/mol. The van der Waals surface area contributed by atoms with Crippen molar-refractivity contribution in [2.75, 3.05) is 0 Å². The number of rotatable bonds is 14. The van der Waals surface area contributed by atoms with Gasteiger partial charge in [0.25, 0.3) is 0 Å². The van der Waals surface area contributed by atoms with Crippen molar-refractivity contribution in [1.29, 1.82) is 0 Å². The third-order valence-corrected chi connectivity index (χ3v) is 27.3. The summed E-state index contributed by atoms with van der Waals surface area (Å²) >= 11 is 0. The molecule has 0 saturated carbocycles. The van der Waals surface area contributed by atoms with Gasteiger partial charge in [0, 0.05) is 0 Å². The van der Waals surface area contributed by atoms with Gasteiger partial charge in [-0.2, -0.15) is 0 Å². The predicted molar refractivity (Wildman–Crippen MR) is 446 cm³/mol. The fourth-order valence-corrected chi connectivity index (χ4v) is 23.6. The molecule has 0 N–H and O–H groups in total. The van der Waals surface area contributed by atoms with E-state index in [1.54, 1.807) is 0 Å². The van der Waals surface area contributed by atoms with Crippen LogP contribution < -0.4 is 21.2 Å². The van der Waals surface area contributed by atoms with Gasteiger partial charge in [0.2, 0.25) is 0 Å². The van der Waals surface area contributed by atoms with Gasteiger partial charge < -0.3 is 0 Å². The Morgan fingerprint density at radius 2 is 0.357 bits per heavy atom. The van der Waals surface area contributed by atoms with Crippen molar-refractivity contribution in [2.45, 2.75) is 188 Å². The lowest BCUT2D eigenvalue weighted by molar-refractivity contribution is 0.590. The first-order valence-electron chi connectivity index (χ1n) is 35.4. The Bertz CT molecular complexity index is 4140. The van der Waals surface area contributed by atoms with E-state index in [0.717, 1.165) is 0 Å². The Morgan fingerprint density at radius 3 is 0.520 bits per heavy atom. The zero-order valence-corrected chi connectivity index (χ0v) is 67.3. The molecule has 0 aliphatic carbocycles. The van der Waals surface area contributed by atoms with E-state index in [1.165, 1.54) is 199 Å². The molecule has 0 fully saturated rings. The number of benzene rings is 11. The Morgan fingerprint density at radius 1 is 0.194 bits per heavy atom. The second kappa shape index (κ2) is 28.3. The van der Waals surface area contributed by atoms with Crippen LogP contribution in [-0.2, 0) is 21.7 Å². The Hall–Kier alpha value is -6.86. The highest BCUT2D eigenvalue weighted by molar-refractivity contribution is 8.19. The second-order valence-corrected chi connectivity index (χ2v) is 38.6. The maximum atomic E-state index is 2.50. The van der Waals surface area contributed by atoms with Crippen LogP contribution in [0.25, 0.3) is 89.0 Å². The molecule has 0 radical (unpaired) electrons. The van der Waals surface area contributed by atoms with Crippen LogP contribution in [0.3, 0.4) is 0 Å². The van der Waals surface area contributed by atoms with E-state index in [2.05, 4.69) is 348 Å². The molecule has 4 unspecified atom stereocenters. The molecule has 0 nitrogen and oxygen atoms in total. The van der Waals surface area contributed by atoms with E-state index < -0.39 is 0 Å². The summed E-state index contributed by atoms with van der Waals surface area (Å²) in [5.41, 5.74) is 42.2. The molecule has 98 heavy (non-hydrogen) atoms. The SMILES string of the molecule is Cc1cc(C)c(-c2cccc(-c3c(C)cc(C)cc3C)c2PPc2c(-c3ccc(C(C)(C)C)cc3)c(-c3ccc(C(C)(C)C)cc3)c(PPc3c(-c4c(C)cc(C)cc4C)cccc3-c3c(C)cc(C)cc3C)c(-c3ccc(C(C)(C)C)cc3)c2-c2ccc(C(C)(C)C)cc2)c(C)c1. The smallest absolute Gasteiger partial charge is 0.00144 e. The van der Waals surface area contributed by atoms with Crippen LogP contribution in [0.4, 0.5) is 0 Å². The molecule has 0 aliphatic rings. The predicted octanol–water partition coefficient (Wildman–Crippen LogP) is 26.4. The standard InChI is InChI=1S/C94H106P4/c1-55-47-59(5)79(60(6)48-55)75-27-25-28-76(80-61(7)49-56(2)50-62(80)8)87(75)95-97-89-83(67-31-39-71(40-32-67)91(13,14)15)85(69-35-43-73(44-36-69)93(19,20)21)90(86(70-37-45-74(46-38-70)94(22,23)24)84(89)68-33-41-72(42-34-68)92(16,17)18)98-96-88-77(81-63(9)51-57(3)52-64(81)10)29-26-30-78(88)82-65(11)53-58(4)54-66(82)12/h25-54,95-98H,1-24H3. The van der Waals surface area contributed by atoms with Crippen molar-refractivity contribution in [1.82, 2.24) is 0 Å². The van der Waals surface area contributed by atoms with Crippen LogP contribution in [0.2, 0.25) is 0 Å². The van der Waals surface area contributed by atoms with Gasteiger partial charge in [-0.15, -0.1) is 0 Å². The lowest BCUT2D eigenvalue weighted by Gasteiger charge is -2.30. The first kappa shape index (κ1) is 72.4. The highest BCUT2D eigenvalue weighted by atomic mass is 32.0. The molecule has 4 heteroatoms.